The van der Waals surface area contributed by atoms with Gasteiger partial charge in [0.05, 0.1) is 10.9 Å². The van der Waals surface area contributed by atoms with E-state index in [2.05, 4.69) is 10.4 Å². The number of para-hydroxylation sites is 2. The summed E-state index contributed by atoms with van der Waals surface area (Å²) in [4.78, 5) is 43.2. The molecule has 0 unspecified atom stereocenters. The number of amides is 1. The van der Waals surface area contributed by atoms with Gasteiger partial charge in [-0.1, -0.05) is 42.5 Å². The molecule has 0 bridgehead atoms. The Balaban J connectivity index is 1.52. The lowest BCUT2D eigenvalue weighted by molar-refractivity contribution is -0.119. The van der Waals surface area contributed by atoms with Crippen LogP contribution in [0.15, 0.2) is 80.3 Å². The predicted octanol–water partition coefficient (Wildman–Crippen LogP) is 3.36. The maximum absolute atomic E-state index is 13.1. The first-order chi connectivity index (χ1) is 15.0. The first-order valence-corrected chi connectivity index (χ1v) is 10.4. The van der Waals surface area contributed by atoms with E-state index in [0.717, 1.165) is 15.8 Å². The van der Waals surface area contributed by atoms with Crippen molar-refractivity contribution in [2.75, 3.05) is 5.43 Å². The number of hydrogen-bond donors (Lipinski definition) is 1. The van der Waals surface area contributed by atoms with Crippen LogP contribution in [0.4, 0.5) is 0 Å². The first-order valence-electron chi connectivity index (χ1n) is 9.50. The molecule has 3 heterocycles. The SMILES string of the molecule is C[C@H](C(=O)Nn1cnc2scc(-c3ccccc3)c2c1=O)n1c(=O)oc2ccccc21. The van der Waals surface area contributed by atoms with Gasteiger partial charge >= 0.3 is 5.76 Å². The number of hydrogen-bond acceptors (Lipinski definition) is 6. The highest BCUT2D eigenvalue weighted by molar-refractivity contribution is 7.17. The number of oxazole rings is 1. The van der Waals surface area contributed by atoms with E-state index in [1.54, 1.807) is 31.2 Å². The minimum Gasteiger partial charge on any atom is -0.408 e. The summed E-state index contributed by atoms with van der Waals surface area (Å²) in [5.41, 5.74) is 4.70. The van der Waals surface area contributed by atoms with Gasteiger partial charge in [0.15, 0.2) is 5.58 Å². The number of carbonyl (C=O) groups is 1. The molecule has 31 heavy (non-hydrogen) atoms. The summed E-state index contributed by atoms with van der Waals surface area (Å²) >= 11 is 1.36. The number of nitrogens with zero attached hydrogens (tertiary/aromatic N) is 3. The molecule has 9 heteroatoms. The Morgan fingerprint density at radius 3 is 2.65 bits per heavy atom. The molecule has 0 aliphatic rings. The van der Waals surface area contributed by atoms with Crippen LogP contribution in [0.1, 0.15) is 13.0 Å². The van der Waals surface area contributed by atoms with Crippen LogP contribution in [0.2, 0.25) is 0 Å². The summed E-state index contributed by atoms with van der Waals surface area (Å²) in [6, 6.07) is 15.4. The average molecular weight is 432 g/mol. The average Bonchev–Trinajstić information content (AvgIpc) is 3.36. The topological polar surface area (TPSA) is 99.1 Å². The van der Waals surface area contributed by atoms with Crippen molar-refractivity contribution in [3.05, 3.63) is 87.2 Å². The van der Waals surface area contributed by atoms with Crippen LogP contribution in [0.5, 0.6) is 0 Å². The summed E-state index contributed by atoms with van der Waals surface area (Å²) < 4.78 is 7.51. The van der Waals surface area contributed by atoms with Gasteiger partial charge in [-0.05, 0) is 24.6 Å². The normalized spacial score (nSPS) is 12.3. The molecule has 1 amide bonds. The van der Waals surface area contributed by atoms with Gasteiger partial charge in [0.1, 0.15) is 17.2 Å². The van der Waals surface area contributed by atoms with Crippen LogP contribution in [0.25, 0.3) is 32.4 Å². The summed E-state index contributed by atoms with van der Waals surface area (Å²) in [5, 5.41) is 2.30. The first kappa shape index (κ1) is 19.0. The summed E-state index contributed by atoms with van der Waals surface area (Å²) in [5.74, 6) is -1.19. The molecule has 8 nitrogen and oxygen atoms in total. The van der Waals surface area contributed by atoms with Crippen LogP contribution in [-0.4, -0.2) is 20.1 Å². The third kappa shape index (κ3) is 3.15. The molecule has 0 saturated heterocycles. The molecule has 0 fully saturated rings. The number of carbonyl (C=O) groups excluding carboxylic acids is 1. The third-order valence-electron chi connectivity index (χ3n) is 5.10. The molecule has 0 spiro atoms. The Morgan fingerprint density at radius 1 is 1.10 bits per heavy atom. The lowest BCUT2D eigenvalue weighted by atomic mass is 10.1. The molecule has 3 aromatic heterocycles. The zero-order chi connectivity index (χ0) is 21.5. The van der Waals surface area contributed by atoms with E-state index in [1.165, 1.54) is 22.2 Å². The zero-order valence-electron chi connectivity index (χ0n) is 16.3. The van der Waals surface area contributed by atoms with E-state index >= 15 is 0 Å². The van der Waals surface area contributed by atoms with Gasteiger partial charge in [0.25, 0.3) is 11.5 Å². The Labute approximate surface area is 179 Å². The molecule has 0 saturated carbocycles. The predicted molar refractivity (Wildman–Crippen MR) is 119 cm³/mol. The van der Waals surface area contributed by atoms with Gasteiger partial charge in [-0.15, -0.1) is 11.3 Å². The highest BCUT2D eigenvalue weighted by Crippen LogP contribution is 2.30. The number of rotatable bonds is 4. The van der Waals surface area contributed by atoms with Crippen LogP contribution in [0.3, 0.4) is 0 Å². The van der Waals surface area contributed by atoms with Gasteiger partial charge in [0, 0.05) is 10.9 Å². The second kappa shape index (κ2) is 7.37. The largest absolute Gasteiger partial charge is 0.420 e. The van der Waals surface area contributed by atoms with E-state index in [1.807, 2.05) is 35.7 Å². The van der Waals surface area contributed by atoms with Crippen molar-refractivity contribution in [2.24, 2.45) is 0 Å². The quantitative estimate of drug-likeness (QED) is 0.469. The molecule has 154 valence electrons. The van der Waals surface area contributed by atoms with E-state index in [9.17, 15) is 14.4 Å². The van der Waals surface area contributed by atoms with Gasteiger partial charge in [-0.3, -0.25) is 19.6 Å². The van der Waals surface area contributed by atoms with E-state index < -0.39 is 23.3 Å². The summed E-state index contributed by atoms with van der Waals surface area (Å²) in [7, 11) is 0. The second-order valence-electron chi connectivity index (χ2n) is 6.97. The van der Waals surface area contributed by atoms with Crippen molar-refractivity contribution < 1.29 is 9.21 Å². The highest BCUT2D eigenvalue weighted by atomic mass is 32.1. The van der Waals surface area contributed by atoms with Crippen molar-refractivity contribution in [1.82, 2.24) is 14.2 Å². The van der Waals surface area contributed by atoms with Crippen molar-refractivity contribution >= 4 is 38.6 Å². The van der Waals surface area contributed by atoms with Crippen LogP contribution >= 0.6 is 11.3 Å². The van der Waals surface area contributed by atoms with Crippen LogP contribution in [-0.2, 0) is 4.79 Å². The van der Waals surface area contributed by atoms with Crippen LogP contribution in [0, 0.1) is 0 Å². The molecule has 0 aliphatic carbocycles. The Bertz CT molecular complexity index is 1540. The summed E-state index contributed by atoms with van der Waals surface area (Å²) in [6.07, 6.45) is 1.27. The monoisotopic (exact) mass is 432 g/mol. The molecule has 1 atom stereocenters. The number of thiophene rings is 1. The molecule has 0 aliphatic heterocycles. The van der Waals surface area contributed by atoms with Crippen molar-refractivity contribution in [2.45, 2.75) is 13.0 Å². The molecule has 5 aromatic rings. The van der Waals surface area contributed by atoms with Gasteiger partial charge in [-0.2, -0.15) is 0 Å². The maximum atomic E-state index is 13.1. The Morgan fingerprint density at radius 2 is 1.84 bits per heavy atom. The maximum Gasteiger partial charge on any atom is 0.420 e. The Hall–Kier alpha value is -3.98. The fourth-order valence-corrected chi connectivity index (χ4v) is 4.43. The number of benzene rings is 2. The van der Waals surface area contributed by atoms with Gasteiger partial charge < -0.3 is 4.42 Å². The molecule has 5 rings (SSSR count). The van der Waals surface area contributed by atoms with Gasteiger partial charge in [0.2, 0.25) is 0 Å². The number of fused-ring (bicyclic) bond motifs is 2. The van der Waals surface area contributed by atoms with Crippen LogP contribution < -0.4 is 16.7 Å². The lowest BCUT2D eigenvalue weighted by Gasteiger charge is -2.14. The van der Waals surface area contributed by atoms with E-state index in [4.69, 9.17) is 4.42 Å². The van der Waals surface area contributed by atoms with E-state index in [0.29, 0.717) is 21.3 Å². The van der Waals surface area contributed by atoms with Crippen molar-refractivity contribution in [3.8, 4) is 11.1 Å². The molecule has 1 N–H and O–H groups in total. The summed E-state index contributed by atoms with van der Waals surface area (Å²) in [6.45, 7) is 1.57. The van der Waals surface area contributed by atoms with E-state index in [-0.39, 0.29) is 0 Å². The second-order valence-corrected chi connectivity index (χ2v) is 7.83. The third-order valence-corrected chi connectivity index (χ3v) is 5.98. The minimum absolute atomic E-state index is 0.387. The van der Waals surface area contributed by atoms with Crippen molar-refractivity contribution in [1.29, 1.82) is 0 Å². The molecule has 0 radical (unpaired) electrons. The number of aromatic nitrogens is 3. The fraction of sp³-hybridized carbons (Fsp3) is 0.0909. The zero-order valence-corrected chi connectivity index (χ0v) is 17.1. The minimum atomic E-state index is -0.908. The molecule has 2 aromatic carbocycles. The van der Waals surface area contributed by atoms with Gasteiger partial charge in [-0.25, -0.2) is 14.5 Å². The van der Waals surface area contributed by atoms with Crippen molar-refractivity contribution in [3.63, 3.8) is 0 Å². The number of nitrogens with one attached hydrogen (secondary N) is 1. The smallest absolute Gasteiger partial charge is 0.408 e. The standard InChI is InChI=1S/C22H16N4O4S/c1-13(26-16-9-5-6-10-17(16)30-22(26)29)19(27)24-25-12-23-20-18(21(25)28)15(11-31-20)14-7-3-2-4-8-14/h2-13H,1H3,(H,24,27)/t13-/m1/s1. The molecular formula is C22H16N4O4S. The lowest BCUT2D eigenvalue weighted by Crippen LogP contribution is -2.38. The molecular weight excluding hydrogens is 416 g/mol. The Kier molecular flexibility index (Phi) is 4.52. The highest BCUT2D eigenvalue weighted by Gasteiger charge is 2.22. The fourth-order valence-electron chi connectivity index (χ4n) is 3.52.